The van der Waals surface area contributed by atoms with Crippen molar-refractivity contribution in [2.24, 2.45) is 5.73 Å². The van der Waals surface area contributed by atoms with Crippen LogP contribution in [0.5, 0.6) is 0 Å². The molecule has 90 valence electrons. The first-order chi connectivity index (χ1) is 8.26. The van der Waals surface area contributed by atoms with Crippen LogP contribution in [0.3, 0.4) is 0 Å². The summed E-state index contributed by atoms with van der Waals surface area (Å²) in [6.07, 6.45) is 8.34. The fraction of sp³-hybridized carbons (Fsp3) is 0.250. The highest BCUT2D eigenvalue weighted by Gasteiger charge is 1.96. The van der Waals surface area contributed by atoms with E-state index in [1.165, 1.54) is 11.1 Å². The average Bonchev–Trinajstić information content (AvgIpc) is 2.37. The van der Waals surface area contributed by atoms with E-state index in [-0.39, 0.29) is 0 Å². The summed E-state index contributed by atoms with van der Waals surface area (Å²) in [6.45, 7) is 6.46. The highest BCUT2D eigenvalue weighted by molar-refractivity contribution is 5.30. The van der Waals surface area contributed by atoms with Crippen LogP contribution in [-0.4, -0.2) is 6.54 Å². The van der Waals surface area contributed by atoms with Crippen LogP contribution in [-0.2, 0) is 6.42 Å². The second kappa shape index (κ2) is 7.64. The monoisotopic (exact) mass is 227 g/mol. The van der Waals surface area contributed by atoms with E-state index in [1.54, 1.807) is 0 Å². The molecule has 0 spiro atoms. The van der Waals surface area contributed by atoms with E-state index >= 15 is 0 Å². The van der Waals surface area contributed by atoms with E-state index < -0.39 is 0 Å². The minimum Gasteiger partial charge on any atom is -0.327 e. The highest BCUT2D eigenvalue weighted by Crippen LogP contribution is 2.12. The molecule has 0 saturated carbocycles. The largest absolute Gasteiger partial charge is 0.327 e. The molecular weight excluding hydrogens is 206 g/mol. The quantitative estimate of drug-likeness (QED) is 0.738. The van der Waals surface area contributed by atoms with Gasteiger partial charge in [0, 0.05) is 6.54 Å². The third-order valence-electron chi connectivity index (χ3n) is 2.58. The molecule has 2 N–H and O–H groups in total. The van der Waals surface area contributed by atoms with Gasteiger partial charge in [-0.05, 0) is 36.5 Å². The smallest absolute Gasteiger partial charge is 0.0172 e. The molecule has 0 amide bonds. The lowest BCUT2D eigenvalue weighted by Gasteiger charge is -2.04. The van der Waals surface area contributed by atoms with Crippen LogP contribution in [0, 0.1) is 0 Å². The van der Waals surface area contributed by atoms with Gasteiger partial charge in [0.25, 0.3) is 0 Å². The van der Waals surface area contributed by atoms with Gasteiger partial charge in [-0.3, -0.25) is 0 Å². The molecule has 1 nitrogen and oxygen atoms in total. The number of nitrogens with two attached hydrogens (primary N) is 1. The van der Waals surface area contributed by atoms with Crippen molar-refractivity contribution in [3.63, 3.8) is 0 Å². The molecule has 17 heavy (non-hydrogen) atoms. The molecular formula is C16H21N. The molecule has 0 fully saturated rings. The van der Waals surface area contributed by atoms with Crippen LogP contribution in [0.15, 0.2) is 66.3 Å². The van der Waals surface area contributed by atoms with Crippen LogP contribution in [0.1, 0.15) is 18.9 Å². The highest BCUT2D eigenvalue weighted by atomic mass is 14.5. The van der Waals surface area contributed by atoms with Gasteiger partial charge in [0.2, 0.25) is 0 Å². The van der Waals surface area contributed by atoms with E-state index in [2.05, 4.69) is 49.1 Å². The predicted octanol–water partition coefficient (Wildman–Crippen LogP) is 3.64. The molecule has 1 aromatic carbocycles. The molecule has 0 atom stereocenters. The minimum atomic E-state index is 0.520. The molecule has 0 aliphatic heterocycles. The number of rotatable bonds is 6. The zero-order chi connectivity index (χ0) is 12.5. The molecule has 0 aliphatic carbocycles. The summed E-state index contributed by atoms with van der Waals surface area (Å²) in [4.78, 5) is 0. The molecule has 0 unspecified atom stereocenters. The zero-order valence-electron chi connectivity index (χ0n) is 10.5. The van der Waals surface area contributed by atoms with Crippen molar-refractivity contribution < 1.29 is 0 Å². The van der Waals surface area contributed by atoms with Gasteiger partial charge in [-0.25, -0.2) is 0 Å². The number of allylic oxidation sites excluding steroid dienone is 3. The Morgan fingerprint density at radius 3 is 2.59 bits per heavy atom. The molecule has 0 radical (unpaired) electrons. The Morgan fingerprint density at radius 1 is 1.29 bits per heavy atom. The van der Waals surface area contributed by atoms with E-state index in [4.69, 9.17) is 5.73 Å². The van der Waals surface area contributed by atoms with Crippen LogP contribution < -0.4 is 5.73 Å². The van der Waals surface area contributed by atoms with Crippen LogP contribution in [0.25, 0.3) is 0 Å². The lowest BCUT2D eigenvalue weighted by atomic mass is 10.0. The van der Waals surface area contributed by atoms with Gasteiger partial charge in [0.15, 0.2) is 0 Å². The summed E-state index contributed by atoms with van der Waals surface area (Å²) in [5.74, 6) is 0. The number of hydrogen-bond donors (Lipinski definition) is 1. The Hall–Kier alpha value is -1.60. The van der Waals surface area contributed by atoms with Gasteiger partial charge in [-0.2, -0.15) is 0 Å². The SMILES string of the molecule is C=C(/C=C(\C=C/C)CCc1ccccc1)CN. The number of benzene rings is 1. The Labute approximate surface area is 104 Å². The maximum absolute atomic E-state index is 5.56. The van der Waals surface area contributed by atoms with E-state index in [9.17, 15) is 0 Å². The first-order valence-corrected chi connectivity index (χ1v) is 6.01. The van der Waals surface area contributed by atoms with Gasteiger partial charge in [0.05, 0.1) is 0 Å². The standard InChI is InChI=1S/C16H21N/c1-3-7-16(12-14(2)13-17)11-10-15-8-5-4-6-9-15/h3-9,12H,2,10-11,13,17H2,1H3/b7-3-,16-12+. The third kappa shape index (κ3) is 5.32. The summed E-state index contributed by atoms with van der Waals surface area (Å²) in [7, 11) is 0. The number of hydrogen-bond acceptors (Lipinski definition) is 1. The second-order valence-electron chi connectivity index (χ2n) is 4.07. The van der Waals surface area contributed by atoms with Crippen LogP contribution in [0.4, 0.5) is 0 Å². The lowest BCUT2D eigenvalue weighted by molar-refractivity contribution is 0.961. The van der Waals surface area contributed by atoms with E-state index in [0.717, 1.165) is 18.4 Å². The summed E-state index contributed by atoms with van der Waals surface area (Å²) < 4.78 is 0. The van der Waals surface area contributed by atoms with Gasteiger partial charge in [-0.15, -0.1) is 0 Å². The minimum absolute atomic E-state index is 0.520. The number of aryl methyl sites for hydroxylation is 1. The molecule has 1 rings (SSSR count). The Morgan fingerprint density at radius 2 is 2.00 bits per heavy atom. The van der Waals surface area contributed by atoms with Crippen molar-refractivity contribution in [2.45, 2.75) is 19.8 Å². The summed E-state index contributed by atoms with van der Waals surface area (Å²) in [6, 6.07) is 10.5. The normalized spacial score (nSPS) is 12.0. The lowest BCUT2D eigenvalue weighted by Crippen LogP contribution is -2.00. The van der Waals surface area contributed by atoms with Crippen molar-refractivity contribution >= 4 is 0 Å². The molecule has 0 bridgehead atoms. The summed E-state index contributed by atoms with van der Waals surface area (Å²) in [5.41, 5.74) is 9.18. The topological polar surface area (TPSA) is 26.0 Å². The third-order valence-corrected chi connectivity index (χ3v) is 2.58. The summed E-state index contributed by atoms with van der Waals surface area (Å²) in [5, 5.41) is 0. The van der Waals surface area contributed by atoms with Crippen molar-refractivity contribution in [3.8, 4) is 0 Å². The molecule has 0 heterocycles. The first kappa shape index (κ1) is 13.5. The average molecular weight is 227 g/mol. The second-order valence-corrected chi connectivity index (χ2v) is 4.07. The van der Waals surface area contributed by atoms with Gasteiger partial charge >= 0.3 is 0 Å². The zero-order valence-corrected chi connectivity index (χ0v) is 10.5. The first-order valence-electron chi connectivity index (χ1n) is 6.01. The van der Waals surface area contributed by atoms with Crippen LogP contribution in [0.2, 0.25) is 0 Å². The molecule has 0 aromatic heterocycles. The van der Waals surface area contributed by atoms with Crippen molar-refractivity contribution in [2.75, 3.05) is 6.54 Å². The van der Waals surface area contributed by atoms with E-state index in [0.29, 0.717) is 6.54 Å². The fourth-order valence-corrected chi connectivity index (χ4v) is 1.67. The Balaban J connectivity index is 2.62. The maximum Gasteiger partial charge on any atom is 0.0172 e. The van der Waals surface area contributed by atoms with Crippen molar-refractivity contribution in [1.29, 1.82) is 0 Å². The van der Waals surface area contributed by atoms with Gasteiger partial charge in [0.1, 0.15) is 0 Å². The van der Waals surface area contributed by atoms with Gasteiger partial charge in [-0.1, -0.05) is 55.1 Å². The van der Waals surface area contributed by atoms with Crippen LogP contribution >= 0.6 is 0 Å². The predicted molar refractivity (Wildman–Crippen MR) is 75.9 cm³/mol. The van der Waals surface area contributed by atoms with E-state index in [1.807, 2.05) is 13.0 Å². The van der Waals surface area contributed by atoms with Crippen molar-refractivity contribution in [1.82, 2.24) is 0 Å². The molecule has 0 saturated heterocycles. The van der Waals surface area contributed by atoms with Crippen molar-refractivity contribution in [3.05, 3.63) is 71.8 Å². The van der Waals surface area contributed by atoms with Gasteiger partial charge < -0.3 is 5.73 Å². The molecule has 1 heteroatoms. The fourth-order valence-electron chi connectivity index (χ4n) is 1.67. The molecule has 1 aromatic rings. The Kier molecular flexibility index (Phi) is 6.05. The maximum atomic E-state index is 5.56. The summed E-state index contributed by atoms with van der Waals surface area (Å²) >= 11 is 0. The molecule has 0 aliphatic rings. The Bertz CT molecular complexity index is 399.